The number of esters is 2. The van der Waals surface area contributed by atoms with Gasteiger partial charge in [0.2, 0.25) is 5.78 Å². The molecule has 0 aliphatic heterocycles. The van der Waals surface area contributed by atoms with Crippen molar-refractivity contribution in [3.8, 4) is 0 Å². The van der Waals surface area contributed by atoms with Gasteiger partial charge in [-0.1, -0.05) is 24.6 Å². The second kappa shape index (κ2) is 9.83. The van der Waals surface area contributed by atoms with Gasteiger partial charge in [0, 0.05) is 44.3 Å². The van der Waals surface area contributed by atoms with Crippen LogP contribution in [0.2, 0.25) is 0 Å². The largest absolute Gasteiger partial charge is 0.458 e. The van der Waals surface area contributed by atoms with Gasteiger partial charge in [-0.15, -0.1) is 0 Å². The van der Waals surface area contributed by atoms with Crippen LogP contribution >= 0.6 is 0 Å². The van der Waals surface area contributed by atoms with Gasteiger partial charge in [0.25, 0.3) is 0 Å². The van der Waals surface area contributed by atoms with Gasteiger partial charge in [0.15, 0.2) is 18.0 Å². The van der Waals surface area contributed by atoms with Crippen LogP contribution in [0.15, 0.2) is 47.1 Å². The molecule has 7 nitrogen and oxygen atoms in total. The first-order valence-corrected chi connectivity index (χ1v) is 13.7. The molecule has 1 aromatic carbocycles. The smallest absolute Gasteiger partial charge is 0.303 e. The number of Topliss-reactive ketones (excluding diaryl/α,β-unsaturated/α-hetero) is 1. The molecule has 0 radical (unpaired) electrons. The highest BCUT2D eigenvalue weighted by atomic mass is 16.6. The van der Waals surface area contributed by atoms with E-state index in [0.29, 0.717) is 19.3 Å². The van der Waals surface area contributed by atoms with Crippen LogP contribution < -0.4 is 5.32 Å². The Bertz CT molecular complexity index is 1240. The molecule has 1 N–H and O–H groups in total. The number of carbonyl (C=O) groups is 4. The molecule has 5 rings (SSSR count). The maximum absolute atomic E-state index is 13.8. The predicted octanol–water partition coefficient (Wildman–Crippen LogP) is 5.06. The van der Waals surface area contributed by atoms with E-state index in [2.05, 4.69) is 36.5 Å². The molecule has 0 amide bonds. The number of benzene rings is 1. The second-order valence-electron chi connectivity index (χ2n) is 11.5. The minimum absolute atomic E-state index is 0.0219. The normalized spacial score (nSPS) is 31.9. The summed E-state index contributed by atoms with van der Waals surface area (Å²) in [5.74, 6) is -0.792. The van der Waals surface area contributed by atoms with Gasteiger partial charge in [-0.05, 0) is 85.3 Å². The molecule has 2 unspecified atom stereocenters. The highest BCUT2D eigenvalue weighted by molar-refractivity contribution is 5.94. The summed E-state index contributed by atoms with van der Waals surface area (Å²) in [5, 5.41) is 3.18. The number of ether oxygens (including phenoxy) is 2. The molecule has 0 aromatic heterocycles. The van der Waals surface area contributed by atoms with Crippen LogP contribution in [-0.2, 0) is 28.7 Å². The fourth-order valence-electron chi connectivity index (χ4n) is 8.04. The Labute approximate surface area is 224 Å². The second-order valence-corrected chi connectivity index (χ2v) is 11.5. The van der Waals surface area contributed by atoms with Crippen LogP contribution in [0.4, 0.5) is 5.69 Å². The summed E-state index contributed by atoms with van der Waals surface area (Å²) < 4.78 is 11.2. The molecular weight excluding hydrogens is 482 g/mol. The summed E-state index contributed by atoms with van der Waals surface area (Å²) in [6.45, 7) is 4.32. The van der Waals surface area contributed by atoms with Crippen LogP contribution in [0.1, 0.15) is 77.2 Å². The molecule has 202 valence electrons. The minimum atomic E-state index is -1.35. The van der Waals surface area contributed by atoms with Crippen LogP contribution in [-0.4, -0.2) is 42.8 Å². The van der Waals surface area contributed by atoms with E-state index in [1.807, 2.05) is 13.1 Å². The number of hydrogen-bond acceptors (Lipinski definition) is 7. The van der Waals surface area contributed by atoms with Gasteiger partial charge in [-0.3, -0.25) is 19.2 Å². The molecule has 4 aliphatic carbocycles. The number of allylic oxidation sites excluding steroid dienone is 4. The van der Waals surface area contributed by atoms with Crippen molar-refractivity contribution in [3.05, 3.63) is 52.6 Å². The van der Waals surface area contributed by atoms with Crippen molar-refractivity contribution in [2.24, 2.45) is 17.3 Å². The molecule has 38 heavy (non-hydrogen) atoms. The van der Waals surface area contributed by atoms with Gasteiger partial charge in [-0.25, -0.2) is 0 Å². The molecule has 5 atom stereocenters. The van der Waals surface area contributed by atoms with Crippen LogP contribution in [0.3, 0.4) is 0 Å². The summed E-state index contributed by atoms with van der Waals surface area (Å²) in [7, 11) is 1.89. The molecule has 4 aliphatic rings. The highest BCUT2D eigenvalue weighted by Crippen LogP contribution is 2.67. The minimum Gasteiger partial charge on any atom is -0.458 e. The molecule has 2 fully saturated rings. The van der Waals surface area contributed by atoms with Crippen molar-refractivity contribution in [2.45, 2.75) is 77.2 Å². The van der Waals surface area contributed by atoms with E-state index in [0.717, 1.165) is 36.9 Å². The average molecular weight is 520 g/mol. The van der Waals surface area contributed by atoms with Crippen molar-refractivity contribution in [3.63, 3.8) is 0 Å². The lowest BCUT2D eigenvalue weighted by molar-refractivity contribution is -0.186. The zero-order valence-corrected chi connectivity index (χ0v) is 22.7. The van der Waals surface area contributed by atoms with Gasteiger partial charge in [0.1, 0.15) is 0 Å². The first-order valence-electron chi connectivity index (χ1n) is 13.7. The third-order valence-corrected chi connectivity index (χ3v) is 9.63. The fourth-order valence-corrected chi connectivity index (χ4v) is 8.04. The standard InChI is InChI=1S/C31H37NO6/c1-18(33)37-17-28(36)31(38-19(2)34)14-13-27-25-11-7-21-15-23(35)10-12-24(21)29(25)26(16-30(27,31)3)20-5-8-22(32-4)9-6-20/h5-6,8-9,15,25-27,32H,7,10-14,16-17H2,1-4H3/t25?,26-,27?,30+,31+/m1/s1. The number of hydrogen-bond donors (Lipinski definition) is 1. The fraction of sp³-hybridized carbons (Fsp3) is 0.548. The third-order valence-electron chi connectivity index (χ3n) is 9.63. The predicted molar refractivity (Wildman–Crippen MR) is 142 cm³/mol. The van der Waals surface area contributed by atoms with Crippen molar-refractivity contribution in [1.29, 1.82) is 0 Å². The van der Waals surface area contributed by atoms with E-state index >= 15 is 0 Å². The van der Waals surface area contributed by atoms with E-state index in [9.17, 15) is 19.2 Å². The van der Waals surface area contributed by atoms with E-state index in [-0.39, 0.29) is 29.3 Å². The molecular formula is C31H37NO6. The lowest BCUT2D eigenvalue weighted by Crippen LogP contribution is -2.58. The Kier molecular flexibility index (Phi) is 6.82. The lowest BCUT2D eigenvalue weighted by Gasteiger charge is -2.55. The number of ketones is 2. The zero-order chi connectivity index (χ0) is 27.2. The van der Waals surface area contributed by atoms with Crippen molar-refractivity contribution in [1.82, 2.24) is 0 Å². The third kappa shape index (κ3) is 4.20. The van der Waals surface area contributed by atoms with Crippen molar-refractivity contribution < 1.29 is 28.7 Å². The molecule has 0 spiro atoms. The number of nitrogens with one attached hydrogen (secondary N) is 1. The Hall–Kier alpha value is -3.22. The quantitative estimate of drug-likeness (QED) is 0.525. The highest BCUT2D eigenvalue weighted by Gasteiger charge is 2.68. The van der Waals surface area contributed by atoms with Gasteiger partial charge >= 0.3 is 11.9 Å². The zero-order valence-electron chi connectivity index (χ0n) is 22.7. The van der Waals surface area contributed by atoms with Gasteiger partial charge in [-0.2, -0.15) is 0 Å². The molecule has 7 heteroatoms. The molecule has 2 saturated carbocycles. The number of fused-ring (bicyclic) bond motifs is 4. The summed E-state index contributed by atoms with van der Waals surface area (Å²) in [6, 6.07) is 8.40. The van der Waals surface area contributed by atoms with E-state index in [1.165, 1.54) is 30.6 Å². The number of rotatable bonds is 6. The van der Waals surface area contributed by atoms with Crippen LogP contribution in [0.25, 0.3) is 0 Å². The molecule has 0 saturated heterocycles. The Balaban J connectivity index is 1.66. The van der Waals surface area contributed by atoms with Crippen LogP contribution in [0, 0.1) is 17.3 Å². The maximum Gasteiger partial charge on any atom is 0.303 e. The molecule has 1 aromatic rings. The monoisotopic (exact) mass is 519 g/mol. The number of carbonyl (C=O) groups excluding carboxylic acids is 4. The summed E-state index contributed by atoms with van der Waals surface area (Å²) in [4.78, 5) is 50.1. The summed E-state index contributed by atoms with van der Waals surface area (Å²) >= 11 is 0. The van der Waals surface area contributed by atoms with Gasteiger partial charge < -0.3 is 14.8 Å². The SMILES string of the molecule is CNc1ccc([C@H]2C[C@@]3(C)C(CC[C@]3(OC(C)=O)C(=O)COC(C)=O)C3CCC4=CC(=O)CCC4=C32)cc1. The van der Waals surface area contributed by atoms with Crippen LogP contribution in [0.5, 0.6) is 0 Å². The maximum atomic E-state index is 13.8. The van der Waals surface area contributed by atoms with Crippen molar-refractivity contribution in [2.75, 3.05) is 19.0 Å². The first kappa shape index (κ1) is 26.4. The van der Waals surface area contributed by atoms with E-state index in [1.54, 1.807) is 0 Å². The topological polar surface area (TPSA) is 98.8 Å². The first-order chi connectivity index (χ1) is 18.1. The summed E-state index contributed by atoms with van der Waals surface area (Å²) in [5.41, 5.74) is 4.08. The Morgan fingerprint density at radius 1 is 1.03 bits per heavy atom. The molecule has 0 heterocycles. The van der Waals surface area contributed by atoms with Gasteiger partial charge in [0.05, 0.1) is 0 Å². The summed E-state index contributed by atoms with van der Waals surface area (Å²) in [6.07, 6.45) is 6.67. The average Bonchev–Trinajstić information content (AvgIpc) is 3.18. The molecule has 0 bridgehead atoms. The van der Waals surface area contributed by atoms with E-state index < -0.39 is 29.6 Å². The van der Waals surface area contributed by atoms with Crippen molar-refractivity contribution >= 4 is 29.2 Å². The van der Waals surface area contributed by atoms with E-state index in [4.69, 9.17) is 9.47 Å². The Morgan fingerprint density at radius 3 is 2.42 bits per heavy atom. The lowest BCUT2D eigenvalue weighted by atomic mass is 9.50. The number of anilines is 1. The Morgan fingerprint density at radius 2 is 1.76 bits per heavy atom.